The average molecular weight is 582 g/mol. The number of carbonyl (C=O) groups excluding carboxylic acids is 2. The summed E-state index contributed by atoms with van der Waals surface area (Å²) in [5.41, 5.74) is 0. The molecule has 1 aromatic carbocycles. The molecule has 1 amide bonds. The van der Waals surface area contributed by atoms with Gasteiger partial charge in [-0.05, 0) is 32.9 Å². The van der Waals surface area contributed by atoms with Gasteiger partial charge in [-0.15, -0.1) is 0 Å². The van der Waals surface area contributed by atoms with Crippen LogP contribution in [-0.4, -0.2) is 82.8 Å². The molecular formula is C22H30ClFN3O10P. The number of carbonyl (C=O) groups is 2. The summed E-state index contributed by atoms with van der Waals surface area (Å²) >= 11 is 5.92. The number of nitrogens with one attached hydrogen (secondary N) is 2. The van der Waals surface area contributed by atoms with E-state index in [2.05, 4.69) is 10.4 Å². The average Bonchev–Trinajstić information content (AvgIpc) is 3.06. The van der Waals surface area contributed by atoms with Gasteiger partial charge in [0.1, 0.15) is 18.2 Å². The number of esters is 1. The van der Waals surface area contributed by atoms with Crippen LogP contribution in [0.5, 0.6) is 11.5 Å². The van der Waals surface area contributed by atoms with Crippen molar-refractivity contribution in [3.8, 4) is 11.5 Å². The van der Waals surface area contributed by atoms with E-state index in [-0.39, 0.29) is 11.5 Å². The molecule has 0 aliphatic carbocycles. The number of ether oxygens (including phenoxy) is 3. The Kier molecular flexibility index (Phi) is 9.63. The van der Waals surface area contributed by atoms with Crippen LogP contribution in [0.2, 0.25) is 0 Å². The van der Waals surface area contributed by atoms with Crippen molar-refractivity contribution in [3.63, 3.8) is 0 Å². The van der Waals surface area contributed by atoms with Crippen molar-refractivity contribution in [2.24, 2.45) is 0 Å². The second-order valence-electron chi connectivity index (χ2n) is 8.66. The van der Waals surface area contributed by atoms with Crippen molar-refractivity contribution in [1.29, 1.82) is 0 Å². The van der Waals surface area contributed by atoms with E-state index >= 15 is 4.39 Å². The molecule has 38 heavy (non-hydrogen) atoms. The molecule has 2 aliphatic heterocycles. The maximum Gasteiger partial charge on any atom is 0.459 e. The highest BCUT2D eigenvalue weighted by Gasteiger charge is 2.60. The van der Waals surface area contributed by atoms with E-state index in [9.17, 15) is 24.4 Å². The van der Waals surface area contributed by atoms with Crippen LogP contribution >= 0.6 is 19.3 Å². The zero-order valence-electron chi connectivity index (χ0n) is 20.9. The van der Waals surface area contributed by atoms with E-state index in [1.54, 1.807) is 26.0 Å². The standard InChI is InChI=1S/C22H30ClFN3O10P/c1-12(2)35-19(30)13(3)26-38(32,37-15-8-6-5-7-14(15)33-4)34-11-16-18(29)22(23,24)20(36-16)27-10-9-17(28)25-21(27)31/h5-10,12-13,16,18,20-21,29,31H,11H2,1-4H3,(H,25,28)(H,26,32)/t13-,16+,18+,20+,21?,22+,38?/m0/s1. The number of amides is 1. The van der Waals surface area contributed by atoms with Crippen molar-refractivity contribution >= 4 is 31.2 Å². The second kappa shape index (κ2) is 12.2. The van der Waals surface area contributed by atoms with Crippen LogP contribution in [0.1, 0.15) is 20.8 Å². The molecule has 4 N–H and O–H groups in total. The Labute approximate surface area is 223 Å². The molecule has 1 aromatic rings. The molecule has 0 saturated carbocycles. The van der Waals surface area contributed by atoms with Crippen LogP contribution < -0.4 is 19.7 Å². The molecule has 2 aliphatic rings. The third-order valence-corrected chi connectivity index (χ3v) is 7.40. The number of methoxy groups -OCH3 is 1. The highest BCUT2D eigenvalue weighted by atomic mass is 35.5. The van der Waals surface area contributed by atoms with Crippen molar-refractivity contribution < 1.29 is 52.0 Å². The number of para-hydroxylation sites is 2. The van der Waals surface area contributed by atoms with E-state index < -0.39 is 68.3 Å². The third kappa shape index (κ3) is 6.94. The van der Waals surface area contributed by atoms with Crippen LogP contribution in [0.3, 0.4) is 0 Å². The van der Waals surface area contributed by atoms with Gasteiger partial charge in [0.2, 0.25) is 12.3 Å². The number of alkyl halides is 2. The number of nitrogens with zero attached hydrogens (tertiary/aromatic N) is 1. The van der Waals surface area contributed by atoms with Gasteiger partial charge >= 0.3 is 13.7 Å². The monoisotopic (exact) mass is 581 g/mol. The number of aliphatic hydroxyl groups excluding tert-OH is 2. The van der Waals surface area contributed by atoms with Gasteiger partial charge in [0.25, 0.3) is 5.13 Å². The molecule has 1 fully saturated rings. The zero-order valence-corrected chi connectivity index (χ0v) is 22.6. The first kappa shape index (κ1) is 30.1. The van der Waals surface area contributed by atoms with Gasteiger partial charge in [-0.25, -0.2) is 8.96 Å². The summed E-state index contributed by atoms with van der Waals surface area (Å²) in [4.78, 5) is 24.6. The Morgan fingerprint density at radius 3 is 2.58 bits per heavy atom. The van der Waals surface area contributed by atoms with Crippen LogP contribution in [0.25, 0.3) is 0 Å². The molecule has 3 rings (SSSR count). The summed E-state index contributed by atoms with van der Waals surface area (Å²) in [6.07, 6.45) is -5.44. The Bertz CT molecular complexity index is 1090. The van der Waals surface area contributed by atoms with E-state index in [0.717, 1.165) is 17.2 Å². The fraction of sp³-hybridized carbons (Fsp3) is 0.545. The summed E-state index contributed by atoms with van der Waals surface area (Å²) in [5.74, 6) is -1.20. The van der Waals surface area contributed by atoms with Crippen LogP contribution in [-0.2, 0) is 28.2 Å². The Morgan fingerprint density at radius 2 is 1.97 bits per heavy atom. The topological polar surface area (TPSA) is 165 Å². The molecule has 1 saturated heterocycles. The minimum Gasteiger partial charge on any atom is -0.493 e. The summed E-state index contributed by atoms with van der Waals surface area (Å²) < 4.78 is 55.9. The smallest absolute Gasteiger partial charge is 0.459 e. The maximum atomic E-state index is 15.3. The van der Waals surface area contributed by atoms with E-state index in [1.165, 1.54) is 26.2 Å². The summed E-state index contributed by atoms with van der Waals surface area (Å²) in [6.45, 7) is 3.90. The molecule has 212 valence electrons. The highest BCUT2D eigenvalue weighted by Crippen LogP contribution is 2.49. The lowest BCUT2D eigenvalue weighted by Crippen LogP contribution is -2.57. The Morgan fingerprint density at radius 1 is 1.32 bits per heavy atom. The lowest BCUT2D eigenvalue weighted by Gasteiger charge is -2.36. The molecule has 0 radical (unpaired) electrons. The van der Waals surface area contributed by atoms with Gasteiger partial charge < -0.3 is 39.2 Å². The molecule has 16 heteroatoms. The van der Waals surface area contributed by atoms with Crippen molar-refractivity contribution in [2.45, 2.75) is 62.8 Å². The molecule has 0 aromatic heterocycles. The lowest BCUT2D eigenvalue weighted by molar-refractivity contribution is -0.150. The van der Waals surface area contributed by atoms with Crippen LogP contribution in [0.15, 0.2) is 36.5 Å². The van der Waals surface area contributed by atoms with Crippen molar-refractivity contribution in [2.75, 3.05) is 13.7 Å². The number of benzene rings is 1. The van der Waals surface area contributed by atoms with Gasteiger partial charge in [0.15, 0.2) is 17.7 Å². The molecule has 2 heterocycles. The molecule has 0 spiro atoms. The predicted octanol–water partition coefficient (Wildman–Crippen LogP) is 1.34. The zero-order chi connectivity index (χ0) is 28.3. The fourth-order valence-corrected chi connectivity index (χ4v) is 5.34. The van der Waals surface area contributed by atoms with E-state index in [1.807, 2.05) is 0 Å². The number of hydrogen-bond donors (Lipinski definition) is 4. The Balaban J connectivity index is 1.80. The predicted molar refractivity (Wildman–Crippen MR) is 130 cm³/mol. The number of hydrogen-bond acceptors (Lipinski definition) is 11. The number of rotatable bonds is 11. The first-order chi connectivity index (χ1) is 17.8. The van der Waals surface area contributed by atoms with Gasteiger partial charge in [-0.2, -0.15) is 5.09 Å². The van der Waals surface area contributed by atoms with Crippen LogP contribution in [0, 0.1) is 0 Å². The van der Waals surface area contributed by atoms with E-state index in [0.29, 0.717) is 0 Å². The lowest BCUT2D eigenvalue weighted by atomic mass is 10.1. The number of aliphatic hydroxyl groups is 2. The quantitative estimate of drug-likeness (QED) is 0.169. The maximum absolute atomic E-state index is 15.3. The minimum absolute atomic E-state index is 0.00414. The van der Waals surface area contributed by atoms with Gasteiger partial charge in [-0.1, -0.05) is 23.7 Å². The summed E-state index contributed by atoms with van der Waals surface area (Å²) in [5, 5.41) is 22.2. The molecule has 13 nitrogen and oxygen atoms in total. The van der Waals surface area contributed by atoms with Gasteiger partial charge in [0, 0.05) is 12.3 Å². The SMILES string of the molecule is COc1ccccc1OP(=O)(N[C@@H](C)C(=O)OC(C)C)OC[C@H]1O[C@@H](N2C=CC(=O)NC2O)[C@@](F)(Cl)[C@@H]1O. The van der Waals surface area contributed by atoms with E-state index in [4.69, 9.17) is 34.9 Å². The summed E-state index contributed by atoms with van der Waals surface area (Å²) in [7, 11) is -3.09. The molecular weight excluding hydrogens is 552 g/mol. The first-order valence-electron chi connectivity index (χ1n) is 11.5. The largest absolute Gasteiger partial charge is 0.493 e. The molecule has 0 bridgehead atoms. The number of halogens is 2. The summed E-state index contributed by atoms with van der Waals surface area (Å²) in [6, 6.07) is 5.02. The minimum atomic E-state index is -4.45. The van der Waals surface area contributed by atoms with Crippen molar-refractivity contribution in [3.05, 3.63) is 36.5 Å². The molecule has 7 atom stereocenters. The highest BCUT2D eigenvalue weighted by molar-refractivity contribution is 7.52. The van der Waals surface area contributed by atoms with Crippen molar-refractivity contribution in [1.82, 2.24) is 15.3 Å². The third-order valence-electron chi connectivity index (χ3n) is 5.36. The normalized spacial score (nSPS) is 29.5. The molecule has 2 unspecified atom stereocenters. The van der Waals surface area contributed by atoms with Gasteiger partial charge in [-0.3, -0.25) is 14.1 Å². The van der Waals surface area contributed by atoms with Gasteiger partial charge in [0.05, 0.1) is 19.8 Å². The second-order valence-corrected chi connectivity index (χ2v) is 10.9. The fourth-order valence-electron chi connectivity index (χ4n) is 3.53. The Hall–Kier alpha value is -2.45. The van der Waals surface area contributed by atoms with Crippen LogP contribution in [0.4, 0.5) is 4.39 Å². The first-order valence-corrected chi connectivity index (χ1v) is 13.4.